The number of nitrogens with two attached hydrogens (primary N) is 1. The molecule has 4 N–H and O–H groups in total. The number of carboxylic acid groups (broad SMARTS) is 1. The van der Waals surface area contributed by atoms with E-state index in [1.54, 1.807) is 0 Å². The third-order valence-electron chi connectivity index (χ3n) is 4.02. The van der Waals surface area contributed by atoms with E-state index in [0.29, 0.717) is 0 Å². The van der Waals surface area contributed by atoms with E-state index in [0.717, 1.165) is 18.1 Å². The molecular weight excluding hydrogens is 428 g/mol. The smallest absolute Gasteiger partial charge is 0.307 e. The minimum atomic E-state index is -0.833. The number of carbonyl (C=O) groups is 4. The zero-order chi connectivity index (χ0) is 25.2. The fourth-order valence-corrected chi connectivity index (χ4v) is 2.51. The van der Waals surface area contributed by atoms with Gasteiger partial charge in [-0.3, -0.25) is 19.2 Å². The summed E-state index contributed by atoms with van der Waals surface area (Å²) >= 11 is 0. The Morgan fingerprint density at radius 3 is 1.61 bits per heavy atom. The number of aliphatic carboxylic acids is 1. The van der Waals surface area contributed by atoms with Crippen LogP contribution in [0.15, 0.2) is 60.7 Å². The van der Waals surface area contributed by atoms with Crippen molar-refractivity contribution in [3.63, 3.8) is 0 Å². The van der Waals surface area contributed by atoms with E-state index in [9.17, 15) is 14.4 Å². The van der Waals surface area contributed by atoms with Gasteiger partial charge in [0.1, 0.15) is 0 Å². The summed E-state index contributed by atoms with van der Waals surface area (Å²) in [7, 11) is 2.69. The van der Waals surface area contributed by atoms with Crippen molar-refractivity contribution in [2.45, 2.75) is 38.8 Å². The average Bonchev–Trinajstić information content (AvgIpc) is 2.79. The first-order chi connectivity index (χ1) is 15.6. The Labute approximate surface area is 193 Å². The zero-order valence-electron chi connectivity index (χ0n) is 19.3. The third-order valence-corrected chi connectivity index (χ3v) is 4.02. The van der Waals surface area contributed by atoms with Gasteiger partial charge in [-0.15, -0.1) is 0 Å². The van der Waals surface area contributed by atoms with E-state index >= 15 is 0 Å². The van der Waals surface area contributed by atoms with Crippen LogP contribution in [0.5, 0.6) is 0 Å². The lowest BCUT2D eigenvalue weighted by molar-refractivity contribution is -0.142. The lowest BCUT2D eigenvalue weighted by atomic mass is 10.0. The predicted molar refractivity (Wildman–Crippen MR) is 123 cm³/mol. The molecule has 0 fully saturated rings. The summed E-state index contributed by atoms with van der Waals surface area (Å²) in [5.41, 5.74) is 7.61. The minimum absolute atomic E-state index is 0.139. The van der Waals surface area contributed by atoms with E-state index in [-0.39, 0.29) is 42.8 Å². The molecule has 0 aliphatic carbocycles. The topological polar surface area (TPSA) is 145 Å². The number of nitrogens with one attached hydrogen (secondary N) is 1. The van der Waals surface area contributed by atoms with Gasteiger partial charge < -0.3 is 25.6 Å². The van der Waals surface area contributed by atoms with Crippen LogP contribution in [-0.4, -0.2) is 43.1 Å². The maximum Gasteiger partial charge on any atom is 0.307 e. The first-order valence-electron chi connectivity index (χ1n) is 10.1. The highest BCUT2D eigenvalue weighted by atomic mass is 16.5. The number of rotatable bonds is 7. The second-order valence-electron chi connectivity index (χ2n) is 6.76. The minimum Gasteiger partial charge on any atom is -0.481 e. The van der Waals surface area contributed by atoms with Crippen molar-refractivity contribution >= 4 is 23.8 Å². The van der Waals surface area contributed by atoms with Crippen LogP contribution in [-0.2, 0) is 28.7 Å². The van der Waals surface area contributed by atoms with Crippen molar-refractivity contribution in [2.24, 2.45) is 5.73 Å². The van der Waals surface area contributed by atoms with Crippen molar-refractivity contribution in [1.29, 1.82) is 0 Å². The SMILES string of the molecule is CC(=O)O.COC(=O)CC(N)c1ccccc1.COC(=O)CC(NC(C)=O)c1ccccc1. The molecule has 0 saturated heterocycles. The lowest BCUT2D eigenvalue weighted by Crippen LogP contribution is -2.28. The van der Waals surface area contributed by atoms with E-state index in [1.807, 2.05) is 60.7 Å². The largest absolute Gasteiger partial charge is 0.481 e. The zero-order valence-corrected chi connectivity index (χ0v) is 19.3. The van der Waals surface area contributed by atoms with Crippen LogP contribution in [0.3, 0.4) is 0 Å². The molecule has 2 unspecified atom stereocenters. The highest BCUT2D eigenvalue weighted by molar-refractivity contribution is 5.76. The number of esters is 2. The molecule has 2 aromatic rings. The van der Waals surface area contributed by atoms with E-state index in [2.05, 4.69) is 14.8 Å². The molecule has 2 atom stereocenters. The molecule has 0 saturated carbocycles. The number of methoxy groups -OCH3 is 2. The molecule has 1 amide bonds. The standard InChI is InChI=1S/C12H15NO3.C10H13NO2.C2H4O2/c1-9(14)13-11(8-12(15)16-2)10-6-4-3-5-7-10;1-13-10(12)7-9(11)8-5-3-2-4-6-8;1-2(3)4/h3-7,11H,8H2,1-2H3,(H,13,14);2-6,9H,7,11H2,1H3;1H3,(H,3,4). The average molecular weight is 461 g/mol. The van der Waals surface area contributed by atoms with Crippen LogP contribution in [0, 0.1) is 0 Å². The molecule has 9 heteroatoms. The van der Waals surface area contributed by atoms with E-state index < -0.39 is 5.97 Å². The predicted octanol–water partition coefficient (Wildman–Crippen LogP) is 2.77. The second kappa shape index (κ2) is 16.9. The van der Waals surface area contributed by atoms with Crippen LogP contribution in [0.4, 0.5) is 0 Å². The monoisotopic (exact) mass is 460 g/mol. The van der Waals surface area contributed by atoms with Gasteiger partial charge in [0, 0.05) is 19.9 Å². The molecule has 9 nitrogen and oxygen atoms in total. The molecular formula is C24H32N2O7. The lowest BCUT2D eigenvalue weighted by Gasteiger charge is -2.16. The molecule has 33 heavy (non-hydrogen) atoms. The van der Waals surface area contributed by atoms with Crippen molar-refractivity contribution in [2.75, 3.05) is 14.2 Å². The Kier molecular flexibility index (Phi) is 15.0. The number of hydrogen-bond donors (Lipinski definition) is 3. The van der Waals surface area contributed by atoms with Gasteiger partial charge in [-0.05, 0) is 11.1 Å². The first-order valence-corrected chi connectivity index (χ1v) is 10.1. The summed E-state index contributed by atoms with van der Waals surface area (Å²) < 4.78 is 9.12. The number of carboxylic acids is 1. The summed E-state index contributed by atoms with van der Waals surface area (Å²) in [6.07, 6.45) is 0.362. The van der Waals surface area contributed by atoms with Gasteiger partial charge in [-0.25, -0.2) is 0 Å². The highest BCUT2D eigenvalue weighted by Gasteiger charge is 2.16. The Hall–Kier alpha value is -3.72. The summed E-state index contributed by atoms with van der Waals surface area (Å²) in [5.74, 6) is -1.63. The third kappa shape index (κ3) is 14.8. The van der Waals surface area contributed by atoms with Gasteiger partial charge in [0.2, 0.25) is 5.91 Å². The van der Waals surface area contributed by atoms with Crippen LogP contribution in [0.1, 0.15) is 49.9 Å². The molecule has 180 valence electrons. The van der Waals surface area contributed by atoms with Gasteiger partial charge in [0.15, 0.2) is 0 Å². The van der Waals surface area contributed by atoms with E-state index in [4.69, 9.17) is 15.6 Å². The molecule has 2 rings (SSSR count). The van der Waals surface area contributed by atoms with Crippen LogP contribution in [0.25, 0.3) is 0 Å². The van der Waals surface area contributed by atoms with Gasteiger partial charge in [0.25, 0.3) is 5.97 Å². The Balaban J connectivity index is 0.000000542. The van der Waals surface area contributed by atoms with Gasteiger partial charge in [-0.2, -0.15) is 0 Å². The second-order valence-corrected chi connectivity index (χ2v) is 6.76. The fraction of sp³-hybridized carbons (Fsp3) is 0.333. The maximum absolute atomic E-state index is 11.2. The molecule has 2 aromatic carbocycles. The Bertz CT molecular complexity index is 854. The molecule has 0 aromatic heterocycles. The number of ether oxygens (including phenoxy) is 2. The van der Waals surface area contributed by atoms with Gasteiger partial charge in [0.05, 0.1) is 33.1 Å². The van der Waals surface area contributed by atoms with Crippen molar-refractivity contribution in [1.82, 2.24) is 5.32 Å². The Morgan fingerprint density at radius 1 is 0.818 bits per heavy atom. The molecule has 0 heterocycles. The molecule has 0 radical (unpaired) electrons. The van der Waals surface area contributed by atoms with Crippen LogP contribution >= 0.6 is 0 Å². The normalized spacial score (nSPS) is 11.2. The van der Waals surface area contributed by atoms with Crippen molar-refractivity contribution in [3.05, 3.63) is 71.8 Å². The molecule has 0 spiro atoms. The van der Waals surface area contributed by atoms with Gasteiger partial charge >= 0.3 is 11.9 Å². The summed E-state index contributed by atoms with van der Waals surface area (Å²) in [4.78, 5) is 42.1. The number of hydrogen-bond acceptors (Lipinski definition) is 7. The highest BCUT2D eigenvalue weighted by Crippen LogP contribution is 2.17. The van der Waals surface area contributed by atoms with Gasteiger partial charge in [-0.1, -0.05) is 60.7 Å². The molecule has 0 aliphatic heterocycles. The summed E-state index contributed by atoms with van der Waals surface area (Å²) in [5, 5.41) is 10.1. The molecule has 0 bridgehead atoms. The van der Waals surface area contributed by atoms with E-state index in [1.165, 1.54) is 21.1 Å². The fourth-order valence-electron chi connectivity index (χ4n) is 2.51. The Morgan fingerprint density at radius 2 is 1.21 bits per heavy atom. The van der Waals surface area contributed by atoms with Crippen molar-refractivity contribution < 1.29 is 33.8 Å². The molecule has 0 aliphatic rings. The quantitative estimate of drug-likeness (QED) is 0.535. The summed E-state index contributed by atoms with van der Waals surface area (Å²) in [6, 6.07) is 18.2. The van der Waals surface area contributed by atoms with Crippen LogP contribution in [0.2, 0.25) is 0 Å². The maximum atomic E-state index is 11.2. The first kappa shape index (κ1) is 29.3. The van der Waals surface area contributed by atoms with Crippen molar-refractivity contribution in [3.8, 4) is 0 Å². The number of benzene rings is 2. The summed E-state index contributed by atoms with van der Waals surface area (Å²) in [6.45, 7) is 2.51. The van der Waals surface area contributed by atoms with Crippen LogP contribution < -0.4 is 11.1 Å². The number of amides is 1. The number of carbonyl (C=O) groups excluding carboxylic acids is 3.